The van der Waals surface area contributed by atoms with Crippen LogP contribution in [-0.2, 0) is 16.1 Å². The van der Waals surface area contributed by atoms with E-state index in [9.17, 15) is 18.4 Å². The summed E-state index contributed by atoms with van der Waals surface area (Å²) in [6.07, 6.45) is 0. The topological polar surface area (TPSA) is 82.8 Å². The molecule has 1 N–H and O–H groups in total. The maximum absolute atomic E-state index is 13.7. The fraction of sp³-hybridized carbons (Fsp3) is 0.238. The van der Waals surface area contributed by atoms with Crippen molar-refractivity contribution in [1.29, 1.82) is 0 Å². The number of imidazole rings is 1. The maximum atomic E-state index is 13.7. The van der Waals surface area contributed by atoms with Gasteiger partial charge in [0.15, 0.2) is 0 Å². The molecule has 2 amide bonds. The highest BCUT2D eigenvalue weighted by molar-refractivity contribution is 6.39. The van der Waals surface area contributed by atoms with Crippen molar-refractivity contribution in [3.8, 4) is 0 Å². The van der Waals surface area contributed by atoms with Gasteiger partial charge in [0, 0.05) is 7.05 Å². The highest BCUT2D eigenvalue weighted by atomic mass is 19.3. The van der Waals surface area contributed by atoms with Crippen LogP contribution in [0.1, 0.15) is 19.3 Å². The minimum Gasteiger partial charge on any atom is -0.332 e. The summed E-state index contributed by atoms with van der Waals surface area (Å²) in [6, 6.07) is 14.6. The number of carbonyl (C=O) groups is 2. The Hall–Kier alpha value is -3.82. The van der Waals surface area contributed by atoms with Gasteiger partial charge in [-0.1, -0.05) is 30.3 Å². The lowest BCUT2D eigenvalue weighted by atomic mass is 10.2. The molecule has 2 aromatic carbocycles. The van der Waals surface area contributed by atoms with Crippen LogP contribution < -0.4 is 10.4 Å². The molecular formula is C21H20F2N6O2. The zero-order valence-electron chi connectivity index (χ0n) is 16.9. The molecule has 8 nitrogen and oxygen atoms in total. The molecule has 0 bridgehead atoms. The normalized spacial score (nSPS) is 16.4. The molecule has 10 heteroatoms. The van der Waals surface area contributed by atoms with Gasteiger partial charge < -0.3 is 4.90 Å². The van der Waals surface area contributed by atoms with Crippen LogP contribution in [0.25, 0.3) is 11.0 Å². The first-order chi connectivity index (χ1) is 14.9. The number of hydrogen-bond acceptors (Lipinski definition) is 5. The highest BCUT2D eigenvalue weighted by Crippen LogP contribution is 2.24. The molecule has 0 saturated heterocycles. The zero-order valence-corrected chi connectivity index (χ0v) is 16.9. The van der Waals surface area contributed by atoms with Gasteiger partial charge >= 0.3 is 6.55 Å². The van der Waals surface area contributed by atoms with Crippen molar-refractivity contribution in [3.63, 3.8) is 0 Å². The molecule has 0 spiro atoms. The van der Waals surface area contributed by atoms with E-state index in [1.54, 1.807) is 55.5 Å². The molecule has 0 radical (unpaired) electrons. The average Bonchev–Trinajstić information content (AvgIpc) is 3.13. The largest absolute Gasteiger partial charge is 0.332 e. The minimum absolute atomic E-state index is 0.0486. The average molecular weight is 426 g/mol. The predicted molar refractivity (Wildman–Crippen MR) is 111 cm³/mol. The van der Waals surface area contributed by atoms with Crippen LogP contribution in [0.3, 0.4) is 0 Å². The SMILES string of the molecule is C[C@@H]1N=C(C(=O)N(C)Cc2nc3ccccc3n2C(F)F)NN(c2ccccc2)C1=O. The number of amidine groups is 1. The van der Waals surface area contributed by atoms with E-state index < -0.39 is 18.5 Å². The monoisotopic (exact) mass is 426 g/mol. The molecule has 31 heavy (non-hydrogen) atoms. The number of benzene rings is 2. The second kappa shape index (κ2) is 8.13. The van der Waals surface area contributed by atoms with E-state index in [1.165, 1.54) is 17.0 Å². The summed E-state index contributed by atoms with van der Waals surface area (Å²) >= 11 is 0. The van der Waals surface area contributed by atoms with Gasteiger partial charge in [0.25, 0.3) is 11.8 Å². The molecule has 160 valence electrons. The number of halogens is 2. The molecule has 1 aliphatic rings. The number of amides is 2. The number of hydrazine groups is 1. The number of aliphatic imine (C=N–C) groups is 1. The Morgan fingerprint density at radius 3 is 2.55 bits per heavy atom. The Kier molecular flexibility index (Phi) is 5.37. The van der Waals surface area contributed by atoms with Crippen LogP contribution in [0.5, 0.6) is 0 Å². The molecule has 0 saturated carbocycles. The molecule has 0 aliphatic carbocycles. The Morgan fingerprint density at radius 1 is 1.16 bits per heavy atom. The summed E-state index contributed by atoms with van der Waals surface area (Å²) in [5.41, 5.74) is 4.01. The fourth-order valence-corrected chi connectivity index (χ4v) is 3.39. The van der Waals surface area contributed by atoms with Gasteiger partial charge in [-0.15, -0.1) is 0 Å². The van der Waals surface area contributed by atoms with Gasteiger partial charge in [-0.3, -0.25) is 19.6 Å². The van der Waals surface area contributed by atoms with Crippen molar-refractivity contribution in [3.05, 3.63) is 60.4 Å². The molecule has 1 atom stereocenters. The number of hydrogen-bond donors (Lipinski definition) is 1. The van der Waals surface area contributed by atoms with Gasteiger partial charge in [0.1, 0.15) is 11.9 Å². The van der Waals surface area contributed by atoms with Crippen LogP contribution in [0.2, 0.25) is 0 Å². The van der Waals surface area contributed by atoms with Gasteiger partial charge in [-0.05, 0) is 31.2 Å². The number of para-hydroxylation sites is 3. The van der Waals surface area contributed by atoms with Crippen LogP contribution in [-0.4, -0.2) is 45.2 Å². The lowest BCUT2D eigenvalue weighted by Gasteiger charge is -2.31. The molecular weight excluding hydrogens is 406 g/mol. The quantitative estimate of drug-likeness (QED) is 0.680. The summed E-state index contributed by atoms with van der Waals surface area (Å²) < 4.78 is 28.1. The zero-order chi connectivity index (χ0) is 22.1. The van der Waals surface area contributed by atoms with Crippen LogP contribution in [0.4, 0.5) is 14.5 Å². The number of rotatable bonds is 5. The summed E-state index contributed by atoms with van der Waals surface area (Å²) in [5, 5.41) is 1.26. The Labute approximate surface area is 176 Å². The van der Waals surface area contributed by atoms with Crippen LogP contribution >= 0.6 is 0 Å². The number of likely N-dealkylation sites (N-methyl/N-ethyl adjacent to an activating group) is 1. The van der Waals surface area contributed by atoms with Crippen molar-refractivity contribution >= 4 is 34.4 Å². The van der Waals surface area contributed by atoms with Crippen molar-refractivity contribution in [2.45, 2.75) is 26.1 Å². The van der Waals surface area contributed by atoms with Crippen molar-refractivity contribution in [2.75, 3.05) is 12.1 Å². The molecule has 4 rings (SSSR count). The van der Waals surface area contributed by atoms with Gasteiger partial charge in [0.05, 0.1) is 23.3 Å². The molecule has 0 unspecified atom stereocenters. The highest BCUT2D eigenvalue weighted by Gasteiger charge is 2.32. The Morgan fingerprint density at radius 2 is 1.84 bits per heavy atom. The van der Waals surface area contributed by atoms with Crippen molar-refractivity contribution in [2.24, 2.45) is 4.99 Å². The number of anilines is 1. The lowest BCUT2D eigenvalue weighted by Crippen LogP contribution is -2.58. The Bertz CT molecular complexity index is 1160. The predicted octanol–water partition coefficient (Wildman–Crippen LogP) is 2.73. The minimum atomic E-state index is -2.80. The number of fused-ring (bicyclic) bond motifs is 1. The van der Waals surface area contributed by atoms with Gasteiger partial charge in [-0.25, -0.2) is 15.0 Å². The maximum Gasteiger partial charge on any atom is 0.320 e. The standard InChI is InChI=1S/C21H20F2N6O2/c1-13-19(30)29(14-8-4-3-5-9-14)26-18(24-13)20(31)27(2)12-17-25-15-10-6-7-11-16(15)28(17)21(22)23/h3-11,13,21H,12H2,1-2H3,(H,24,26)/t13-/m0/s1. The van der Waals surface area contributed by atoms with E-state index in [0.29, 0.717) is 11.2 Å². The number of aromatic nitrogens is 2. The van der Waals surface area contributed by atoms with E-state index in [0.717, 1.165) is 4.57 Å². The van der Waals surface area contributed by atoms with E-state index in [1.807, 2.05) is 6.07 Å². The lowest BCUT2D eigenvalue weighted by molar-refractivity contribution is -0.124. The van der Waals surface area contributed by atoms with Crippen LogP contribution in [0, 0.1) is 0 Å². The molecule has 2 heterocycles. The van der Waals surface area contributed by atoms with Gasteiger partial charge in [0.2, 0.25) is 5.84 Å². The molecule has 1 aliphatic heterocycles. The van der Waals surface area contributed by atoms with Crippen molar-refractivity contribution < 1.29 is 18.4 Å². The van der Waals surface area contributed by atoms with E-state index in [4.69, 9.17) is 0 Å². The summed E-state index contributed by atoms with van der Waals surface area (Å²) in [7, 11) is 1.47. The van der Waals surface area contributed by atoms with E-state index in [2.05, 4.69) is 15.4 Å². The fourth-order valence-electron chi connectivity index (χ4n) is 3.39. The van der Waals surface area contributed by atoms with Crippen molar-refractivity contribution in [1.82, 2.24) is 19.9 Å². The summed E-state index contributed by atoms with van der Waals surface area (Å²) in [6.45, 7) is -1.38. The number of alkyl halides is 2. The first kappa shape index (κ1) is 20.5. The second-order valence-corrected chi connectivity index (χ2v) is 7.10. The summed E-state index contributed by atoms with van der Waals surface area (Å²) in [5.74, 6) is -0.872. The first-order valence-electron chi connectivity index (χ1n) is 9.59. The smallest absolute Gasteiger partial charge is 0.320 e. The number of nitrogens with one attached hydrogen (secondary N) is 1. The third-order valence-electron chi connectivity index (χ3n) is 4.92. The third-order valence-corrected chi connectivity index (χ3v) is 4.92. The van der Waals surface area contributed by atoms with Gasteiger partial charge in [-0.2, -0.15) is 8.78 Å². The number of carbonyl (C=O) groups excluding carboxylic acids is 2. The molecule has 1 aromatic heterocycles. The summed E-state index contributed by atoms with van der Waals surface area (Å²) in [4.78, 5) is 35.1. The first-order valence-corrected chi connectivity index (χ1v) is 9.59. The van der Waals surface area contributed by atoms with E-state index >= 15 is 0 Å². The number of nitrogens with zero attached hydrogens (tertiary/aromatic N) is 5. The Balaban J connectivity index is 1.58. The third kappa shape index (κ3) is 3.83. The second-order valence-electron chi connectivity index (χ2n) is 7.10. The molecule has 3 aromatic rings. The van der Waals surface area contributed by atoms with E-state index in [-0.39, 0.29) is 29.6 Å². The van der Waals surface area contributed by atoms with Crippen LogP contribution in [0.15, 0.2) is 59.6 Å². The molecule has 0 fully saturated rings.